The Hall–Kier alpha value is -2.67. The molecule has 0 radical (unpaired) electrons. The van der Waals surface area contributed by atoms with E-state index in [-0.39, 0.29) is 23.9 Å². The first kappa shape index (κ1) is 17.7. The zero-order chi connectivity index (χ0) is 19.2. The minimum atomic E-state index is -0.332. The molecule has 0 unspecified atom stereocenters. The third kappa shape index (κ3) is 3.60. The van der Waals surface area contributed by atoms with E-state index < -0.39 is 0 Å². The number of aromatic nitrogens is 1. The summed E-state index contributed by atoms with van der Waals surface area (Å²) in [4.78, 5) is 16.5. The highest BCUT2D eigenvalue weighted by Crippen LogP contribution is 2.41. The molecule has 1 N–H and O–H groups in total. The van der Waals surface area contributed by atoms with Crippen LogP contribution in [0.3, 0.4) is 0 Å². The second-order valence-electron chi connectivity index (χ2n) is 7.21. The molecule has 27 heavy (non-hydrogen) atoms. The van der Waals surface area contributed by atoms with Crippen molar-refractivity contribution in [3.8, 4) is 11.5 Å². The Labute approximate surface area is 160 Å². The largest absolute Gasteiger partial charge is 0.483 e. The predicted molar refractivity (Wildman–Crippen MR) is 103 cm³/mol. The number of hydrogen-bond acceptors (Lipinski definition) is 5. The number of ether oxygens (including phenoxy) is 2. The van der Waals surface area contributed by atoms with E-state index in [0.29, 0.717) is 27.7 Å². The summed E-state index contributed by atoms with van der Waals surface area (Å²) in [6.45, 7) is 5.56. The second kappa shape index (κ2) is 6.49. The minimum absolute atomic E-state index is 0.163. The monoisotopic (exact) mass is 386 g/mol. The first-order valence-corrected chi connectivity index (χ1v) is 9.43. The van der Waals surface area contributed by atoms with E-state index in [2.05, 4.69) is 10.3 Å². The number of benzene rings is 2. The third-order valence-corrected chi connectivity index (χ3v) is 5.26. The Kier molecular flexibility index (Phi) is 4.26. The van der Waals surface area contributed by atoms with Crippen molar-refractivity contribution >= 4 is 32.6 Å². The van der Waals surface area contributed by atoms with Crippen LogP contribution in [-0.2, 0) is 11.2 Å². The highest BCUT2D eigenvalue weighted by Gasteiger charge is 2.32. The van der Waals surface area contributed by atoms with E-state index in [1.807, 2.05) is 26.0 Å². The Morgan fingerprint density at radius 3 is 3.04 bits per heavy atom. The highest BCUT2D eigenvalue weighted by molar-refractivity contribution is 7.22. The van der Waals surface area contributed by atoms with E-state index in [4.69, 9.17) is 9.47 Å². The number of anilines is 1. The van der Waals surface area contributed by atoms with E-state index >= 15 is 0 Å². The highest BCUT2D eigenvalue weighted by atomic mass is 32.1. The molecule has 0 fully saturated rings. The third-order valence-electron chi connectivity index (χ3n) is 4.33. The molecule has 2 aromatic carbocycles. The lowest BCUT2D eigenvalue weighted by Gasteiger charge is -2.18. The molecule has 0 atom stereocenters. The molecule has 0 bridgehead atoms. The van der Waals surface area contributed by atoms with Crippen LogP contribution in [0.5, 0.6) is 11.5 Å². The van der Waals surface area contributed by atoms with Crippen LogP contribution in [0.15, 0.2) is 30.3 Å². The second-order valence-corrected chi connectivity index (χ2v) is 8.24. The van der Waals surface area contributed by atoms with Crippen molar-refractivity contribution in [2.24, 2.45) is 0 Å². The van der Waals surface area contributed by atoms with Gasteiger partial charge >= 0.3 is 0 Å². The number of halogens is 1. The van der Waals surface area contributed by atoms with Gasteiger partial charge in [-0.1, -0.05) is 23.5 Å². The number of rotatable bonds is 4. The Morgan fingerprint density at radius 2 is 2.22 bits per heavy atom. The molecule has 1 amide bonds. The number of thiazole rings is 1. The average molecular weight is 386 g/mol. The van der Waals surface area contributed by atoms with E-state index in [0.717, 1.165) is 16.7 Å². The number of fused-ring (bicyclic) bond motifs is 2. The average Bonchev–Trinajstić information content (AvgIpc) is 3.11. The zero-order valence-electron chi connectivity index (χ0n) is 15.3. The van der Waals surface area contributed by atoms with Crippen molar-refractivity contribution in [1.29, 1.82) is 0 Å². The van der Waals surface area contributed by atoms with Gasteiger partial charge in [0.25, 0.3) is 5.91 Å². The summed E-state index contributed by atoms with van der Waals surface area (Å²) in [5, 5.41) is 3.12. The normalized spacial score (nSPS) is 14.7. The van der Waals surface area contributed by atoms with Gasteiger partial charge in [-0.2, -0.15) is 0 Å². The maximum Gasteiger partial charge on any atom is 0.264 e. The van der Waals surface area contributed by atoms with Gasteiger partial charge in [-0.15, -0.1) is 0 Å². The molecule has 1 aliphatic rings. The Balaban J connectivity index is 1.43. The number of para-hydroxylation sites is 1. The minimum Gasteiger partial charge on any atom is -0.483 e. The molecule has 3 aromatic rings. The molecular formula is C20H19FN2O3S. The summed E-state index contributed by atoms with van der Waals surface area (Å²) >= 11 is 1.30. The van der Waals surface area contributed by atoms with Crippen molar-refractivity contribution in [1.82, 2.24) is 4.98 Å². The Morgan fingerprint density at radius 1 is 1.41 bits per heavy atom. The molecule has 1 aliphatic heterocycles. The number of aryl methyl sites for hydroxylation is 1. The molecule has 5 nitrogen and oxygen atoms in total. The Bertz CT molecular complexity index is 1010. The van der Waals surface area contributed by atoms with Crippen LogP contribution in [0, 0.1) is 12.7 Å². The SMILES string of the molecule is Cc1cc2sc(NC(=O)COc3cccc4c3OC(C)(C)C4)nc2cc1F. The van der Waals surface area contributed by atoms with Gasteiger partial charge < -0.3 is 9.47 Å². The molecule has 0 aliphatic carbocycles. The van der Waals surface area contributed by atoms with Gasteiger partial charge in [-0.05, 0) is 38.5 Å². The van der Waals surface area contributed by atoms with Gasteiger partial charge in [0, 0.05) is 18.1 Å². The van der Waals surface area contributed by atoms with Crippen LogP contribution in [0.4, 0.5) is 9.52 Å². The van der Waals surface area contributed by atoms with Crippen LogP contribution in [0.2, 0.25) is 0 Å². The molecule has 0 saturated heterocycles. The van der Waals surface area contributed by atoms with E-state index in [1.165, 1.54) is 17.4 Å². The van der Waals surface area contributed by atoms with Crippen LogP contribution in [-0.4, -0.2) is 23.1 Å². The quantitative estimate of drug-likeness (QED) is 0.718. The van der Waals surface area contributed by atoms with Crippen LogP contribution < -0.4 is 14.8 Å². The number of amides is 1. The fourth-order valence-electron chi connectivity index (χ4n) is 3.10. The topological polar surface area (TPSA) is 60.5 Å². The molecule has 7 heteroatoms. The van der Waals surface area contributed by atoms with Crippen LogP contribution in [0.25, 0.3) is 10.2 Å². The number of carbonyl (C=O) groups is 1. The van der Waals surface area contributed by atoms with Gasteiger partial charge in [-0.25, -0.2) is 9.37 Å². The first-order chi connectivity index (χ1) is 12.8. The van der Waals surface area contributed by atoms with Crippen molar-refractivity contribution in [3.05, 3.63) is 47.3 Å². The summed E-state index contributed by atoms with van der Waals surface area (Å²) in [5.74, 6) is 0.604. The van der Waals surface area contributed by atoms with Gasteiger partial charge in [0.15, 0.2) is 23.2 Å². The number of nitrogens with zero attached hydrogens (tertiary/aromatic N) is 1. The zero-order valence-corrected chi connectivity index (χ0v) is 16.1. The lowest BCUT2D eigenvalue weighted by Crippen LogP contribution is -2.25. The smallest absolute Gasteiger partial charge is 0.264 e. The maximum atomic E-state index is 13.6. The number of nitrogens with one attached hydrogen (secondary N) is 1. The van der Waals surface area contributed by atoms with Crippen molar-refractivity contribution in [2.45, 2.75) is 32.8 Å². The molecule has 2 heterocycles. The molecule has 4 rings (SSSR count). The lowest BCUT2D eigenvalue weighted by atomic mass is 10.0. The molecule has 0 saturated carbocycles. The molecule has 1 aromatic heterocycles. The predicted octanol–water partition coefficient (Wildman–Crippen LogP) is 4.47. The van der Waals surface area contributed by atoms with Gasteiger partial charge in [-0.3, -0.25) is 10.1 Å². The standard InChI is InChI=1S/C20H19FN2O3S/c1-11-7-16-14(8-13(11)21)22-19(27-16)23-17(24)10-25-15-6-4-5-12-9-20(2,3)26-18(12)15/h4-8H,9-10H2,1-3H3,(H,22,23,24). The fraction of sp³-hybridized carbons (Fsp3) is 0.300. The summed E-state index contributed by atoms with van der Waals surface area (Å²) in [5.41, 5.74) is 1.86. The van der Waals surface area contributed by atoms with E-state index in [1.54, 1.807) is 19.1 Å². The van der Waals surface area contributed by atoms with Gasteiger partial charge in [0.05, 0.1) is 10.2 Å². The maximum absolute atomic E-state index is 13.6. The van der Waals surface area contributed by atoms with E-state index in [9.17, 15) is 9.18 Å². The number of hydrogen-bond donors (Lipinski definition) is 1. The summed E-state index contributed by atoms with van der Waals surface area (Å²) in [6.07, 6.45) is 0.799. The van der Waals surface area contributed by atoms with Crippen LogP contribution >= 0.6 is 11.3 Å². The van der Waals surface area contributed by atoms with Gasteiger partial charge in [0.2, 0.25) is 0 Å². The summed E-state index contributed by atoms with van der Waals surface area (Å²) in [6, 6.07) is 8.78. The molecule has 0 spiro atoms. The summed E-state index contributed by atoms with van der Waals surface area (Å²) < 4.78 is 26.1. The lowest BCUT2D eigenvalue weighted by molar-refractivity contribution is -0.118. The molecular weight excluding hydrogens is 367 g/mol. The summed E-state index contributed by atoms with van der Waals surface area (Å²) in [7, 11) is 0. The van der Waals surface area contributed by atoms with Crippen molar-refractivity contribution in [2.75, 3.05) is 11.9 Å². The van der Waals surface area contributed by atoms with Crippen molar-refractivity contribution < 1.29 is 18.7 Å². The number of carbonyl (C=O) groups excluding carboxylic acids is 1. The van der Waals surface area contributed by atoms with Crippen molar-refractivity contribution in [3.63, 3.8) is 0 Å². The fourth-order valence-corrected chi connectivity index (χ4v) is 4.07. The van der Waals surface area contributed by atoms with Crippen LogP contribution in [0.1, 0.15) is 25.0 Å². The first-order valence-electron chi connectivity index (χ1n) is 8.61. The van der Waals surface area contributed by atoms with Gasteiger partial charge in [0.1, 0.15) is 11.4 Å². The molecule has 140 valence electrons.